The number of halogens is 3. The number of amides is 2. The molecule has 0 aliphatic carbocycles. The Morgan fingerprint density at radius 3 is 2.33 bits per heavy atom. The van der Waals surface area contributed by atoms with E-state index >= 15 is 0 Å². The summed E-state index contributed by atoms with van der Waals surface area (Å²) in [5, 5.41) is 9.03. The maximum absolute atomic E-state index is 12.6. The van der Waals surface area contributed by atoms with Gasteiger partial charge in [-0.15, -0.1) is 35.6 Å². The van der Waals surface area contributed by atoms with Crippen molar-refractivity contribution in [3.63, 3.8) is 0 Å². The lowest BCUT2D eigenvalue weighted by molar-refractivity contribution is 0.262. The van der Waals surface area contributed by atoms with Crippen LogP contribution in [0.4, 0.5) is 27.5 Å². The summed E-state index contributed by atoms with van der Waals surface area (Å²) in [5.74, 6) is 1.76. The minimum Gasteiger partial charge on any atom is -0.369 e. The first-order chi connectivity index (χ1) is 18.4. The predicted octanol–water partition coefficient (Wildman–Crippen LogP) is 7.46. The van der Waals surface area contributed by atoms with E-state index in [4.69, 9.17) is 40.4 Å². The highest BCUT2D eigenvalue weighted by Crippen LogP contribution is 2.26. The number of nitrogens with one attached hydrogen (secondary N) is 4. The Labute approximate surface area is 249 Å². The smallest absolute Gasteiger partial charge is 0.323 e. The van der Waals surface area contributed by atoms with Crippen molar-refractivity contribution in [2.45, 2.75) is 19.8 Å². The number of imidazole rings is 1. The van der Waals surface area contributed by atoms with Gasteiger partial charge in [-0.2, -0.15) is 0 Å². The number of carbonyl (C=O) groups excluding carboxylic acids is 1. The van der Waals surface area contributed by atoms with Crippen molar-refractivity contribution in [2.24, 2.45) is 7.05 Å². The first kappa shape index (κ1) is 30.6. The number of fused-ring (bicyclic) bond motifs is 1. The fourth-order valence-electron chi connectivity index (χ4n) is 4.15. The first-order valence-corrected chi connectivity index (χ1v) is 13.9. The zero-order chi connectivity index (χ0) is 27.1. The number of carbonyl (C=O) groups is 1. The second-order valence-electron chi connectivity index (χ2n) is 8.83. The summed E-state index contributed by atoms with van der Waals surface area (Å²) in [6.07, 6.45) is 3.83. The van der Waals surface area contributed by atoms with E-state index in [1.807, 2.05) is 66.3 Å². The van der Waals surface area contributed by atoms with E-state index in [9.17, 15) is 4.79 Å². The topological polar surface area (TPSA) is 90.0 Å². The van der Waals surface area contributed by atoms with Crippen molar-refractivity contribution < 1.29 is 4.79 Å². The number of aryl methyl sites for hydroxylation is 1. The molecule has 2 heterocycles. The predicted molar refractivity (Wildman–Crippen MR) is 172 cm³/mol. The molecule has 0 fully saturated rings. The average molecular weight is 609 g/mol. The Balaban J connectivity index is 0.00000420. The van der Waals surface area contributed by atoms with Gasteiger partial charge in [0.1, 0.15) is 0 Å². The van der Waals surface area contributed by atoms with E-state index in [2.05, 4.69) is 32.8 Å². The standard InChI is InChI=1S/C27H31Cl2N7OS.ClH/c1-3-4-25(38)30-20-16-24(35(2)17-20)26-33-22-10-7-19(15-23(22)34-26)32-27(37)31-18-5-8-21(9-6-18)36(13-11-28)14-12-29;/h5-10,15-17H,3-4,11-14H2,1-2H3,(H,30,38)(H,33,34)(H2,31,32,37);1H. The molecule has 0 atom stereocenters. The molecule has 4 aromatic rings. The molecule has 208 valence electrons. The number of aromatic nitrogens is 3. The highest BCUT2D eigenvalue weighted by molar-refractivity contribution is 7.80. The van der Waals surface area contributed by atoms with Gasteiger partial charge in [0.2, 0.25) is 0 Å². The molecule has 0 radical (unpaired) electrons. The van der Waals surface area contributed by atoms with E-state index in [1.165, 1.54) is 0 Å². The Kier molecular flexibility index (Phi) is 11.3. The van der Waals surface area contributed by atoms with E-state index in [0.717, 1.165) is 51.8 Å². The van der Waals surface area contributed by atoms with Gasteiger partial charge in [0.25, 0.3) is 0 Å². The second kappa shape index (κ2) is 14.4. The summed E-state index contributed by atoms with van der Waals surface area (Å²) in [4.78, 5) is 23.6. The highest BCUT2D eigenvalue weighted by atomic mass is 35.5. The van der Waals surface area contributed by atoms with Crippen LogP contribution in [0, 0.1) is 0 Å². The minimum absolute atomic E-state index is 0. The summed E-state index contributed by atoms with van der Waals surface area (Å²) in [5.41, 5.74) is 5.81. The van der Waals surface area contributed by atoms with Crippen LogP contribution in [-0.4, -0.2) is 50.4 Å². The number of urea groups is 1. The number of hydrogen-bond acceptors (Lipinski definition) is 4. The molecule has 2 aromatic carbocycles. The molecule has 0 saturated heterocycles. The van der Waals surface area contributed by atoms with Gasteiger partial charge in [0.05, 0.1) is 27.4 Å². The van der Waals surface area contributed by atoms with Crippen LogP contribution >= 0.6 is 47.8 Å². The van der Waals surface area contributed by atoms with Gasteiger partial charge in [0.15, 0.2) is 5.82 Å². The number of anilines is 4. The van der Waals surface area contributed by atoms with Crippen LogP contribution in [-0.2, 0) is 7.05 Å². The molecule has 39 heavy (non-hydrogen) atoms. The van der Waals surface area contributed by atoms with Gasteiger partial charge in [-0.25, -0.2) is 9.78 Å². The summed E-state index contributed by atoms with van der Waals surface area (Å²) in [6.45, 7) is 3.51. The molecule has 12 heteroatoms. The molecule has 8 nitrogen and oxygen atoms in total. The van der Waals surface area contributed by atoms with Crippen molar-refractivity contribution in [1.82, 2.24) is 14.5 Å². The van der Waals surface area contributed by atoms with Gasteiger partial charge in [-0.3, -0.25) is 0 Å². The fraction of sp³-hybridized carbons (Fsp3) is 0.296. The van der Waals surface area contributed by atoms with E-state index < -0.39 is 0 Å². The number of H-pyrrole nitrogens is 1. The number of nitrogens with zero attached hydrogens (tertiary/aromatic N) is 3. The number of hydrogen-bond donors (Lipinski definition) is 4. The molecule has 2 amide bonds. The number of aromatic amines is 1. The van der Waals surface area contributed by atoms with Crippen molar-refractivity contribution in [3.05, 3.63) is 54.7 Å². The third kappa shape index (κ3) is 8.02. The van der Waals surface area contributed by atoms with Crippen molar-refractivity contribution in [3.8, 4) is 11.5 Å². The average Bonchev–Trinajstić information content (AvgIpc) is 3.46. The van der Waals surface area contributed by atoms with Gasteiger partial charge < -0.3 is 30.4 Å². The van der Waals surface area contributed by atoms with Gasteiger partial charge in [0, 0.05) is 55.2 Å². The number of thiocarbonyl (C=S) groups is 1. The zero-order valence-electron chi connectivity index (χ0n) is 21.8. The van der Waals surface area contributed by atoms with Crippen LogP contribution in [0.5, 0.6) is 0 Å². The van der Waals surface area contributed by atoms with E-state index in [1.54, 1.807) is 0 Å². The molecule has 4 rings (SSSR count). The van der Waals surface area contributed by atoms with Crippen LogP contribution < -0.4 is 20.9 Å². The lowest BCUT2D eigenvalue weighted by atomic mass is 10.2. The molecular weight excluding hydrogens is 577 g/mol. The van der Waals surface area contributed by atoms with Crippen LogP contribution in [0.1, 0.15) is 19.8 Å². The lowest BCUT2D eigenvalue weighted by Crippen LogP contribution is -2.27. The normalized spacial score (nSPS) is 10.7. The molecule has 2 aromatic heterocycles. The SMILES string of the molecule is CCCC(=S)Nc1cc(-c2nc3ccc(NC(=O)Nc4ccc(N(CCCl)CCCl)cc4)cc3[nH]2)n(C)c1.Cl. The molecule has 0 aliphatic rings. The van der Waals surface area contributed by atoms with E-state index in [-0.39, 0.29) is 18.4 Å². The molecule has 0 bridgehead atoms. The maximum atomic E-state index is 12.6. The third-order valence-electron chi connectivity index (χ3n) is 5.95. The highest BCUT2D eigenvalue weighted by Gasteiger charge is 2.13. The number of benzene rings is 2. The van der Waals surface area contributed by atoms with Gasteiger partial charge in [-0.05, 0) is 61.4 Å². The van der Waals surface area contributed by atoms with Gasteiger partial charge >= 0.3 is 6.03 Å². The van der Waals surface area contributed by atoms with Gasteiger partial charge in [-0.1, -0.05) is 19.1 Å². The molecule has 0 saturated carbocycles. The Hall–Kier alpha value is -2.98. The first-order valence-electron chi connectivity index (χ1n) is 12.4. The van der Waals surface area contributed by atoms with Crippen LogP contribution in [0.3, 0.4) is 0 Å². The van der Waals surface area contributed by atoms with Crippen LogP contribution in [0.15, 0.2) is 54.7 Å². The number of rotatable bonds is 11. The quantitative estimate of drug-likeness (QED) is 0.105. The fourth-order valence-corrected chi connectivity index (χ4v) is 4.88. The third-order valence-corrected chi connectivity index (χ3v) is 6.59. The largest absolute Gasteiger partial charge is 0.369 e. The Morgan fingerprint density at radius 1 is 1.00 bits per heavy atom. The summed E-state index contributed by atoms with van der Waals surface area (Å²) in [7, 11) is 1.97. The molecular formula is C27H32Cl3N7OS. The Bertz CT molecular complexity index is 1400. The molecule has 0 spiro atoms. The molecule has 0 unspecified atom stereocenters. The van der Waals surface area contributed by atoms with Crippen molar-refractivity contribution in [2.75, 3.05) is 45.7 Å². The Morgan fingerprint density at radius 2 is 1.67 bits per heavy atom. The lowest BCUT2D eigenvalue weighted by Gasteiger charge is -2.23. The van der Waals surface area contributed by atoms with Crippen molar-refractivity contribution in [1.29, 1.82) is 0 Å². The van der Waals surface area contributed by atoms with Crippen LogP contribution in [0.2, 0.25) is 0 Å². The minimum atomic E-state index is -0.337. The molecule has 0 aliphatic heterocycles. The summed E-state index contributed by atoms with van der Waals surface area (Å²) in [6, 6.07) is 14.8. The monoisotopic (exact) mass is 607 g/mol. The summed E-state index contributed by atoms with van der Waals surface area (Å²) >= 11 is 17.2. The summed E-state index contributed by atoms with van der Waals surface area (Å²) < 4.78 is 2.00. The second-order valence-corrected chi connectivity index (χ2v) is 10.1. The van der Waals surface area contributed by atoms with E-state index in [0.29, 0.717) is 36.2 Å². The zero-order valence-corrected chi connectivity index (χ0v) is 24.9. The van der Waals surface area contributed by atoms with Crippen LogP contribution in [0.25, 0.3) is 22.6 Å². The molecule has 4 N–H and O–H groups in total. The maximum Gasteiger partial charge on any atom is 0.323 e. The van der Waals surface area contributed by atoms with Crippen molar-refractivity contribution >= 4 is 92.6 Å². The number of alkyl halides is 2.